The minimum atomic E-state index is -3.61. The molecule has 0 radical (unpaired) electrons. The van der Waals surface area contributed by atoms with Crippen LogP contribution in [-0.2, 0) is 25.0 Å². The van der Waals surface area contributed by atoms with Crippen LogP contribution in [0.5, 0.6) is 5.88 Å². The normalized spacial score (nSPS) is 31.5. The molecule has 2 fully saturated rings. The number of nitrogens with one attached hydrogen (secondary N) is 1. The Morgan fingerprint density at radius 2 is 1.83 bits per heavy atom. The summed E-state index contributed by atoms with van der Waals surface area (Å²) in [7, 11) is 0. The lowest BCUT2D eigenvalue weighted by atomic mass is 9.85. The lowest BCUT2D eigenvalue weighted by molar-refractivity contribution is -0.188. The molecule has 1 aromatic carbocycles. The van der Waals surface area contributed by atoms with Crippen molar-refractivity contribution >= 4 is 22.9 Å². The Labute approximate surface area is 241 Å². The van der Waals surface area contributed by atoms with Crippen molar-refractivity contribution in [3.05, 3.63) is 42.1 Å². The number of amides is 1. The molecule has 3 aliphatic rings. The van der Waals surface area contributed by atoms with E-state index in [1.54, 1.807) is 45.0 Å². The van der Waals surface area contributed by atoms with Crippen molar-refractivity contribution in [2.75, 3.05) is 13.2 Å². The summed E-state index contributed by atoms with van der Waals surface area (Å²) < 4.78 is 48.8. The summed E-state index contributed by atoms with van der Waals surface area (Å²) in [6.07, 6.45) is 0.0964. The first-order chi connectivity index (χ1) is 19.8. The number of carboxylic acids is 1. The maximum absolute atomic E-state index is 15.6. The number of hydrogen-bond acceptors (Lipinski definition) is 9. The van der Waals surface area contributed by atoms with E-state index in [4.69, 9.17) is 14.2 Å². The maximum atomic E-state index is 15.6. The lowest BCUT2D eigenvalue weighted by Gasteiger charge is -2.36. The Morgan fingerprint density at radius 3 is 2.52 bits per heavy atom. The molecule has 2 bridgehead atoms. The van der Waals surface area contributed by atoms with E-state index in [0.717, 1.165) is 11.3 Å². The highest BCUT2D eigenvalue weighted by atomic mass is 19.3. The molecule has 228 valence electrons. The summed E-state index contributed by atoms with van der Waals surface area (Å²) in [6.45, 7) is 4.98. The predicted molar refractivity (Wildman–Crippen MR) is 146 cm³/mol. The number of fused-ring (bicyclic) bond motifs is 5. The molecule has 5 rings (SSSR count). The summed E-state index contributed by atoms with van der Waals surface area (Å²) >= 11 is 0. The van der Waals surface area contributed by atoms with Crippen LogP contribution in [0.3, 0.4) is 0 Å². The van der Waals surface area contributed by atoms with Gasteiger partial charge in [0.25, 0.3) is 0 Å². The van der Waals surface area contributed by atoms with Gasteiger partial charge >= 0.3 is 11.9 Å². The van der Waals surface area contributed by atoms with Crippen LogP contribution in [0, 0.1) is 5.41 Å². The fraction of sp³-hybridized carbons (Fsp3) is 0.586. The third kappa shape index (κ3) is 6.38. The highest BCUT2D eigenvalue weighted by Gasteiger charge is 2.47. The molecule has 1 saturated heterocycles. The number of alkyl halides is 2. The van der Waals surface area contributed by atoms with Gasteiger partial charge in [-0.25, -0.2) is 14.8 Å². The van der Waals surface area contributed by atoms with Gasteiger partial charge in [-0.2, -0.15) is 8.78 Å². The molecule has 1 aliphatic carbocycles. The molecule has 1 saturated carbocycles. The first-order valence-electron chi connectivity index (χ1n) is 14.1. The van der Waals surface area contributed by atoms with E-state index in [1.807, 2.05) is 0 Å². The predicted octanol–water partition coefficient (Wildman–Crippen LogP) is 2.96. The van der Waals surface area contributed by atoms with Crippen molar-refractivity contribution in [3.8, 4) is 5.88 Å². The topological polar surface area (TPSA) is 143 Å². The second-order valence-electron chi connectivity index (χ2n) is 12.0. The third-order valence-corrected chi connectivity index (χ3v) is 7.81. The summed E-state index contributed by atoms with van der Waals surface area (Å²) in [5.74, 6) is -5.92. The number of aliphatic hydroxyl groups excluding tert-OH is 1. The Balaban J connectivity index is 1.56. The van der Waals surface area contributed by atoms with Crippen LogP contribution < -0.4 is 10.1 Å². The van der Waals surface area contributed by atoms with Crippen LogP contribution in [0.4, 0.5) is 8.78 Å². The van der Waals surface area contributed by atoms with E-state index in [9.17, 15) is 19.8 Å². The lowest BCUT2D eigenvalue weighted by Crippen LogP contribution is -2.58. The quantitative estimate of drug-likeness (QED) is 0.424. The number of nitrogens with zero attached hydrogens (tertiary/aromatic N) is 3. The van der Waals surface area contributed by atoms with Crippen molar-refractivity contribution in [3.63, 3.8) is 0 Å². The summed E-state index contributed by atoms with van der Waals surface area (Å²) in [4.78, 5) is 35.7. The second kappa shape index (κ2) is 11.8. The highest BCUT2D eigenvalue weighted by molar-refractivity contribution is 5.88. The van der Waals surface area contributed by atoms with Gasteiger partial charge < -0.3 is 29.3 Å². The molecule has 1 unspecified atom stereocenters. The highest BCUT2D eigenvalue weighted by Crippen LogP contribution is 2.37. The monoisotopic (exact) mass is 590 g/mol. The average Bonchev–Trinajstić information content (AvgIpc) is 3.55. The minimum Gasteiger partial charge on any atom is -0.480 e. The van der Waals surface area contributed by atoms with Gasteiger partial charge in [0, 0.05) is 6.42 Å². The second-order valence-corrected chi connectivity index (χ2v) is 12.0. The summed E-state index contributed by atoms with van der Waals surface area (Å²) in [6, 6.07) is 4.16. The molecule has 3 heterocycles. The van der Waals surface area contributed by atoms with Crippen LogP contribution in [0.1, 0.15) is 52.1 Å². The van der Waals surface area contributed by atoms with Crippen LogP contribution in [0.25, 0.3) is 11.0 Å². The first-order valence-corrected chi connectivity index (χ1v) is 14.1. The smallest absolute Gasteiger partial charge is 0.326 e. The van der Waals surface area contributed by atoms with Crippen molar-refractivity contribution in [2.24, 2.45) is 5.41 Å². The Hall–Kier alpha value is -3.26. The van der Waals surface area contributed by atoms with Gasteiger partial charge in [-0.3, -0.25) is 10.1 Å². The van der Waals surface area contributed by atoms with Gasteiger partial charge in [-0.1, -0.05) is 39.0 Å². The first kappa shape index (κ1) is 30.2. The fourth-order valence-electron chi connectivity index (χ4n) is 5.70. The van der Waals surface area contributed by atoms with E-state index < -0.39 is 71.6 Å². The largest absolute Gasteiger partial charge is 0.480 e. The van der Waals surface area contributed by atoms with E-state index in [1.165, 1.54) is 6.08 Å². The van der Waals surface area contributed by atoms with Crippen LogP contribution in [0.15, 0.2) is 36.4 Å². The number of carbonyl (C=O) groups is 2. The molecule has 2 aromatic rings. The number of hydrogen-bond donors (Lipinski definition) is 3. The SMILES string of the molecule is CC(C)(C)[C@@H]1NC(O)O[C@@H]2CCC[C@H]2OC/C=C\C(F)(F)c2nc3ccccc3nc2O[C@@H]2C[C@@H](C(=O)O)N(C2)C1=O. The minimum absolute atomic E-state index is 0.137. The number of halogens is 2. The van der Waals surface area contributed by atoms with Gasteiger partial charge in [0.15, 0.2) is 5.69 Å². The number of aliphatic hydroxyl groups is 1. The van der Waals surface area contributed by atoms with Gasteiger partial charge in [-0.05, 0) is 42.9 Å². The molecule has 1 aromatic heterocycles. The number of para-hydroxylation sites is 2. The molecule has 3 N–H and O–H groups in total. The fourth-order valence-corrected chi connectivity index (χ4v) is 5.70. The number of aliphatic carboxylic acids is 1. The van der Waals surface area contributed by atoms with E-state index >= 15 is 8.78 Å². The summed E-state index contributed by atoms with van der Waals surface area (Å²) in [5.41, 5.74) is -0.934. The number of benzene rings is 1. The molecule has 2 aliphatic heterocycles. The molecule has 11 nitrogen and oxygen atoms in total. The van der Waals surface area contributed by atoms with Crippen LogP contribution >= 0.6 is 0 Å². The number of allylic oxidation sites excluding steroid dienone is 1. The molecule has 13 heteroatoms. The number of ether oxygens (including phenoxy) is 3. The van der Waals surface area contributed by atoms with E-state index in [2.05, 4.69) is 15.3 Å². The van der Waals surface area contributed by atoms with E-state index in [0.29, 0.717) is 24.4 Å². The zero-order valence-electron chi connectivity index (χ0n) is 23.7. The Bertz CT molecular complexity index is 1350. The van der Waals surface area contributed by atoms with Crippen molar-refractivity contribution in [1.82, 2.24) is 20.2 Å². The number of aromatic nitrogens is 2. The number of carbonyl (C=O) groups excluding carboxylic acids is 1. The van der Waals surface area contributed by atoms with Gasteiger partial charge in [-0.15, -0.1) is 0 Å². The Morgan fingerprint density at radius 1 is 1.14 bits per heavy atom. The average molecular weight is 591 g/mol. The van der Waals surface area contributed by atoms with Crippen molar-refractivity contribution in [2.45, 2.75) is 89.2 Å². The maximum Gasteiger partial charge on any atom is 0.326 e. The molecule has 0 spiro atoms. The summed E-state index contributed by atoms with van der Waals surface area (Å²) in [5, 5.41) is 23.6. The molecule has 1 amide bonds. The zero-order valence-corrected chi connectivity index (χ0v) is 23.7. The van der Waals surface area contributed by atoms with Crippen molar-refractivity contribution in [1.29, 1.82) is 0 Å². The third-order valence-electron chi connectivity index (χ3n) is 7.81. The van der Waals surface area contributed by atoms with Crippen molar-refractivity contribution < 1.29 is 42.8 Å². The molecular formula is C29H36F2N4O7. The zero-order chi connectivity index (χ0) is 30.2. The number of carboxylic acid groups (broad SMARTS) is 1. The van der Waals surface area contributed by atoms with Gasteiger partial charge in [0.05, 0.1) is 42.4 Å². The van der Waals surface area contributed by atoms with Crippen LogP contribution in [0.2, 0.25) is 0 Å². The van der Waals surface area contributed by atoms with Gasteiger partial charge in [0.1, 0.15) is 12.1 Å². The Kier molecular flexibility index (Phi) is 8.48. The molecule has 6 atom stereocenters. The van der Waals surface area contributed by atoms with Crippen LogP contribution in [-0.4, -0.2) is 86.9 Å². The van der Waals surface area contributed by atoms with E-state index in [-0.39, 0.29) is 25.1 Å². The standard InChI is InChI=1S/C29H36F2N4O7/c1-28(2,3)23-25(36)35-15-16(14-19(35)26(37)38)41-24-22(32-17-8-4-5-9-18(17)33-24)29(30,31)12-7-13-40-20-10-6-11-21(20)42-27(39)34-23/h4-5,7-9,12,16,19-21,23,27,34,39H,6,10-11,13-15H2,1-3H3,(H,37,38)/b12-7-/t16-,19+,20-,21-,23-,27?/m1/s1. The molecular weight excluding hydrogens is 554 g/mol. The van der Waals surface area contributed by atoms with Gasteiger partial charge in [0.2, 0.25) is 18.2 Å². The molecule has 42 heavy (non-hydrogen) atoms. The number of rotatable bonds is 1.